The third kappa shape index (κ3) is 3.31. The lowest BCUT2D eigenvalue weighted by molar-refractivity contribution is -0.138. The zero-order chi connectivity index (χ0) is 11.3. The molecule has 78 valence electrons. The molecular formula is C11H11NO3. The van der Waals surface area contributed by atoms with E-state index in [4.69, 9.17) is 15.1 Å². The molecule has 1 aromatic carbocycles. The lowest BCUT2D eigenvalue weighted by atomic mass is 10.2. The summed E-state index contributed by atoms with van der Waals surface area (Å²) in [5.74, 6) is -0.495. The molecule has 0 aliphatic heterocycles. The quantitative estimate of drug-likeness (QED) is 0.813. The number of para-hydroxylation sites is 1. The first-order chi connectivity index (χ1) is 7.13. The Kier molecular flexibility index (Phi) is 3.69. The van der Waals surface area contributed by atoms with Crippen molar-refractivity contribution in [1.29, 1.82) is 5.26 Å². The summed E-state index contributed by atoms with van der Waals surface area (Å²) in [5, 5.41) is 17.3. The topological polar surface area (TPSA) is 70.3 Å². The van der Waals surface area contributed by atoms with Gasteiger partial charge in [0.2, 0.25) is 0 Å². The summed E-state index contributed by atoms with van der Waals surface area (Å²) in [5.41, 5.74) is 0.412. The zero-order valence-corrected chi connectivity index (χ0v) is 8.30. The summed E-state index contributed by atoms with van der Waals surface area (Å²) < 4.78 is 5.34. The second kappa shape index (κ2) is 5.01. The lowest BCUT2D eigenvalue weighted by Crippen LogP contribution is -2.17. The highest BCUT2D eigenvalue weighted by molar-refractivity contribution is 5.67. The standard InChI is InChI=1S/C11H11NO3/c1-8(6-11(13)14)15-10-5-3-2-4-9(10)7-12/h2-5,8H,6H2,1H3,(H,13,14)/t8-/m0/s1. The molecule has 0 aliphatic carbocycles. The Hall–Kier alpha value is -2.02. The SMILES string of the molecule is C[C@@H](CC(=O)O)Oc1ccccc1C#N. The first kappa shape index (κ1) is 11.1. The molecule has 0 spiro atoms. The molecule has 0 fully saturated rings. The van der Waals surface area contributed by atoms with Gasteiger partial charge in [-0.05, 0) is 19.1 Å². The smallest absolute Gasteiger partial charge is 0.307 e. The van der Waals surface area contributed by atoms with Gasteiger partial charge in [0.1, 0.15) is 17.9 Å². The normalized spacial score (nSPS) is 11.5. The van der Waals surface area contributed by atoms with Crippen LogP contribution < -0.4 is 4.74 Å². The Morgan fingerprint density at radius 2 is 2.27 bits per heavy atom. The van der Waals surface area contributed by atoms with Crippen molar-refractivity contribution < 1.29 is 14.6 Å². The van der Waals surface area contributed by atoms with E-state index in [-0.39, 0.29) is 6.42 Å². The highest BCUT2D eigenvalue weighted by Crippen LogP contribution is 2.18. The van der Waals surface area contributed by atoms with E-state index in [2.05, 4.69) is 0 Å². The second-order valence-electron chi connectivity index (χ2n) is 3.13. The van der Waals surface area contributed by atoms with E-state index in [0.29, 0.717) is 11.3 Å². The summed E-state index contributed by atoms with van der Waals surface area (Å²) in [7, 11) is 0. The maximum absolute atomic E-state index is 10.4. The van der Waals surface area contributed by atoms with Crippen molar-refractivity contribution in [3.05, 3.63) is 29.8 Å². The van der Waals surface area contributed by atoms with Gasteiger partial charge in [0.05, 0.1) is 12.0 Å². The van der Waals surface area contributed by atoms with Crippen molar-refractivity contribution in [2.75, 3.05) is 0 Å². The molecule has 0 aliphatic rings. The molecule has 0 amide bonds. The number of hydrogen-bond donors (Lipinski definition) is 1. The van der Waals surface area contributed by atoms with Crippen LogP contribution in [0.5, 0.6) is 5.75 Å². The summed E-state index contributed by atoms with van der Waals surface area (Å²) in [6.45, 7) is 1.66. The number of nitrogens with zero attached hydrogens (tertiary/aromatic N) is 1. The largest absolute Gasteiger partial charge is 0.489 e. The minimum absolute atomic E-state index is 0.0836. The molecule has 0 saturated heterocycles. The monoisotopic (exact) mass is 205 g/mol. The Bertz CT molecular complexity index is 395. The van der Waals surface area contributed by atoms with Crippen LogP contribution >= 0.6 is 0 Å². The van der Waals surface area contributed by atoms with Gasteiger partial charge in [-0.2, -0.15) is 5.26 Å². The van der Waals surface area contributed by atoms with Crippen LogP contribution in [0.4, 0.5) is 0 Å². The molecule has 0 bridgehead atoms. The highest BCUT2D eigenvalue weighted by Gasteiger charge is 2.11. The van der Waals surface area contributed by atoms with Crippen LogP contribution in [0, 0.1) is 11.3 Å². The average molecular weight is 205 g/mol. The number of aliphatic carboxylic acids is 1. The van der Waals surface area contributed by atoms with Gasteiger partial charge in [-0.25, -0.2) is 0 Å². The molecule has 0 aromatic heterocycles. The van der Waals surface area contributed by atoms with Gasteiger partial charge in [0, 0.05) is 0 Å². The van der Waals surface area contributed by atoms with Crippen molar-refractivity contribution >= 4 is 5.97 Å². The number of carboxylic acids is 1. The number of ether oxygens (including phenoxy) is 1. The average Bonchev–Trinajstić information content (AvgIpc) is 2.17. The van der Waals surface area contributed by atoms with Crippen LogP contribution in [0.1, 0.15) is 18.9 Å². The summed E-state index contributed by atoms with van der Waals surface area (Å²) >= 11 is 0. The fourth-order valence-corrected chi connectivity index (χ4v) is 1.17. The Labute approximate surface area is 87.7 Å². The van der Waals surface area contributed by atoms with Gasteiger partial charge in [-0.3, -0.25) is 4.79 Å². The molecular weight excluding hydrogens is 194 g/mol. The summed E-state index contributed by atoms with van der Waals surface area (Å²) in [6.07, 6.45) is -0.531. The van der Waals surface area contributed by atoms with Gasteiger partial charge in [0.15, 0.2) is 0 Å². The predicted molar refractivity (Wildman–Crippen MR) is 53.5 cm³/mol. The summed E-state index contributed by atoms with van der Waals surface area (Å²) in [4.78, 5) is 10.4. The molecule has 0 heterocycles. The third-order valence-electron chi connectivity index (χ3n) is 1.80. The number of carbonyl (C=O) groups is 1. The van der Waals surface area contributed by atoms with E-state index in [1.165, 1.54) is 0 Å². The third-order valence-corrected chi connectivity index (χ3v) is 1.80. The van der Waals surface area contributed by atoms with Crippen molar-refractivity contribution in [2.45, 2.75) is 19.4 Å². The van der Waals surface area contributed by atoms with Crippen LogP contribution in [0.15, 0.2) is 24.3 Å². The van der Waals surface area contributed by atoms with Crippen molar-refractivity contribution in [1.82, 2.24) is 0 Å². The molecule has 15 heavy (non-hydrogen) atoms. The van der Waals surface area contributed by atoms with Crippen LogP contribution in [-0.2, 0) is 4.79 Å². The van der Waals surface area contributed by atoms with Gasteiger partial charge in [-0.15, -0.1) is 0 Å². The molecule has 4 nitrogen and oxygen atoms in total. The number of rotatable bonds is 4. The number of carboxylic acid groups (broad SMARTS) is 1. The zero-order valence-electron chi connectivity index (χ0n) is 8.30. The van der Waals surface area contributed by atoms with E-state index >= 15 is 0 Å². The highest BCUT2D eigenvalue weighted by atomic mass is 16.5. The lowest BCUT2D eigenvalue weighted by Gasteiger charge is -2.13. The maximum Gasteiger partial charge on any atom is 0.307 e. The van der Waals surface area contributed by atoms with Crippen molar-refractivity contribution in [3.63, 3.8) is 0 Å². The first-order valence-corrected chi connectivity index (χ1v) is 4.51. The van der Waals surface area contributed by atoms with Crippen LogP contribution in [0.2, 0.25) is 0 Å². The Morgan fingerprint density at radius 3 is 2.87 bits per heavy atom. The van der Waals surface area contributed by atoms with Crippen LogP contribution in [0.25, 0.3) is 0 Å². The van der Waals surface area contributed by atoms with E-state index < -0.39 is 12.1 Å². The second-order valence-corrected chi connectivity index (χ2v) is 3.13. The molecule has 4 heteroatoms. The minimum atomic E-state index is -0.920. The van der Waals surface area contributed by atoms with Gasteiger partial charge in [0.25, 0.3) is 0 Å². The minimum Gasteiger partial charge on any atom is -0.489 e. The predicted octanol–water partition coefficient (Wildman–Crippen LogP) is 1.80. The Morgan fingerprint density at radius 1 is 1.60 bits per heavy atom. The molecule has 1 N–H and O–H groups in total. The molecule has 0 saturated carbocycles. The number of benzene rings is 1. The fourth-order valence-electron chi connectivity index (χ4n) is 1.17. The van der Waals surface area contributed by atoms with E-state index in [9.17, 15) is 4.79 Å². The van der Waals surface area contributed by atoms with Gasteiger partial charge in [-0.1, -0.05) is 12.1 Å². The molecule has 0 radical (unpaired) electrons. The van der Waals surface area contributed by atoms with E-state index in [1.54, 1.807) is 31.2 Å². The maximum atomic E-state index is 10.4. The fraction of sp³-hybridized carbons (Fsp3) is 0.273. The van der Waals surface area contributed by atoms with Crippen molar-refractivity contribution in [3.8, 4) is 11.8 Å². The molecule has 0 unspecified atom stereocenters. The molecule has 1 aromatic rings. The van der Waals surface area contributed by atoms with Crippen LogP contribution in [0.3, 0.4) is 0 Å². The molecule has 1 atom stereocenters. The van der Waals surface area contributed by atoms with Gasteiger partial charge < -0.3 is 9.84 Å². The van der Waals surface area contributed by atoms with E-state index in [1.807, 2.05) is 6.07 Å². The van der Waals surface area contributed by atoms with E-state index in [0.717, 1.165) is 0 Å². The number of hydrogen-bond acceptors (Lipinski definition) is 3. The van der Waals surface area contributed by atoms with Crippen LogP contribution in [-0.4, -0.2) is 17.2 Å². The first-order valence-electron chi connectivity index (χ1n) is 4.51. The number of nitriles is 1. The Balaban J connectivity index is 2.72. The van der Waals surface area contributed by atoms with Gasteiger partial charge >= 0.3 is 5.97 Å². The summed E-state index contributed by atoms with van der Waals surface area (Å²) in [6, 6.07) is 8.73. The van der Waals surface area contributed by atoms with Crippen molar-refractivity contribution in [2.24, 2.45) is 0 Å². The molecule has 1 rings (SSSR count).